The summed E-state index contributed by atoms with van der Waals surface area (Å²) in [5.74, 6) is 1.25. The van der Waals surface area contributed by atoms with Crippen LogP contribution < -0.4 is 20.9 Å². The van der Waals surface area contributed by atoms with Crippen LogP contribution in [-0.2, 0) is 6.42 Å². The summed E-state index contributed by atoms with van der Waals surface area (Å²) in [6.07, 6.45) is 7.87. The van der Waals surface area contributed by atoms with E-state index in [0.29, 0.717) is 29.9 Å². The summed E-state index contributed by atoms with van der Waals surface area (Å²) in [6.45, 7) is 2.95. The van der Waals surface area contributed by atoms with Gasteiger partial charge in [-0.15, -0.1) is 0 Å². The summed E-state index contributed by atoms with van der Waals surface area (Å²) in [5.41, 5.74) is 4.86. The molecule has 0 spiro atoms. The lowest BCUT2D eigenvalue weighted by atomic mass is 9.94. The molecule has 194 valence electrons. The topological polar surface area (TPSA) is 97.8 Å². The molecule has 0 saturated carbocycles. The van der Waals surface area contributed by atoms with E-state index in [1.54, 1.807) is 6.20 Å². The maximum atomic E-state index is 13.2. The number of anilines is 5. The van der Waals surface area contributed by atoms with Crippen molar-refractivity contribution >= 4 is 52.7 Å². The van der Waals surface area contributed by atoms with Crippen molar-refractivity contribution in [3.8, 4) is 0 Å². The Morgan fingerprint density at radius 3 is 2.74 bits per heavy atom. The van der Waals surface area contributed by atoms with Crippen LogP contribution >= 0.6 is 11.6 Å². The van der Waals surface area contributed by atoms with Gasteiger partial charge in [0.1, 0.15) is 5.02 Å². The van der Waals surface area contributed by atoms with Crippen molar-refractivity contribution in [3.05, 3.63) is 77.2 Å². The molecule has 3 aromatic rings. The Morgan fingerprint density at radius 1 is 1.05 bits per heavy atom. The van der Waals surface area contributed by atoms with Gasteiger partial charge in [-0.3, -0.25) is 4.99 Å². The molecule has 3 aliphatic heterocycles. The molecule has 0 aliphatic carbocycles. The molecular weight excluding hydrogens is 500 g/mol. The van der Waals surface area contributed by atoms with Crippen molar-refractivity contribution < 1.29 is 4.79 Å². The molecule has 3 N–H and O–H groups in total. The molecule has 0 radical (unpaired) electrons. The summed E-state index contributed by atoms with van der Waals surface area (Å²) < 4.78 is 0. The number of urea groups is 1. The minimum Gasteiger partial charge on any atom is -0.368 e. The van der Waals surface area contributed by atoms with Crippen LogP contribution in [-0.4, -0.2) is 53.3 Å². The number of para-hydroxylation sites is 1. The van der Waals surface area contributed by atoms with E-state index < -0.39 is 0 Å². The molecule has 2 amide bonds. The highest BCUT2D eigenvalue weighted by atomic mass is 35.5. The second kappa shape index (κ2) is 10.7. The lowest BCUT2D eigenvalue weighted by molar-refractivity contribution is 0.208. The molecule has 38 heavy (non-hydrogen) atoms. The SMILES string of the molecule is O=C(Nc1ccc2cc1CCC1C=NC=C(C1)Nc1ncc(Cl)c(n1)N2)N1CCN(c2ccccc2)CC1. The number of amides is 2. The Bertz CT molecular complexity index is 1380. The first-order valence-corrected chi connectivity index (χ1v) is 13.3. The number of fused-ring (bicyclic) bond motifs is 6. The predicted octanol–water partition coefficient (Wildman–Crippen LogP) is 5.52. The average molecular weight is 529 g/mol. The van der Waals surface area contributed by atoms with E-state index in [4.69, 9.17) is 11.6 Å². The van der Waals surface area contributed by atoms with Crippen LogP contribution in [0.2, 0.25) is 5.02 Å². The van der Waals surface area contributed by atoms with E-state index in [1.807, 2.05) is 47.6 Å². The molecule has 1 fully saturated rings. The van der Waals surface area contributed by atoms with Crippen LogP contribution in [0.4, 0.5) is 33.6 Å². The zero-order chi connectivity index (χ0) is 25.9. The Morgan fingerprint density at radius 2 is 1.89 bits per heavy atom. The number of carbonyl (C=O) groups is 1. The number of hydrogen-bond donors (Lipinski definition) is 3. The number of nitrogens with one attached hydrogen (secondary N) is 3. The number of allylic oxidation sites excluding steroid dienone is 1. The van der Waals surface area contributed by atoms with Gasteiger partial charge in [-0.1, -0.05) is 29.8 Å². The highest BCUT2D eigenvalue weighted by Gasteiger charge is 2.23. The van der Waals surface area contributed by atoms with E-state index >= 15 is 0 Å². The van der Waals surface area contributed by atoms with Crippen molar-refractivity contribution in [1.82, 2.24) is 14.9 Å². The Labute approximate surface area is 226 Å². The fourth-order valence-electron chi connectivity index (χ4n) is 5.04. The Kier molecular flexibility index (Phi) is 6.83. The molecule has 1 saturated heterocycles. The Balaban J connectivity index is 1.20. The molecule has 6 rings (SSSR count). The van der Waals surface area contributed by atoms with Crippen LogP contribution in [0.5, 0.6) is 0 Å². The molecular formula is C28H29ClN8O. The minimum absolute atomic E-state index is 0.0743. The predicted molar refractivity (Wildman–Crippen MR) is 153 cm³/mol. The van der Waals surface area contributed by atoms with Crippen LogP contribution in [0.3, 0.4) is 0 Å². The van der Waals surface area contributed by atoms with Gasteiger partial charge in [0.2, 0.25) is 5.95 Å². The van der Waals surface area contributed by atoms with Crippen LogP contribution in [0.25, 0.3) is 0 Å². The van der Waals surface area contributed by atoms with E-state index in [0.717, 1.165) is 55.0 Å². The van der Waals surface area contributed by atoms with Gasteiger partial charge in [-0.2, -0.15) is 4.98 Å². The summed E-state index contributed by atoms with van der Waals surface area (Å²) >= 11 is 6.39. The normalized spacial score (nSPS) is 18.7. The van der Waals surface area contributed by atoms with Crippen molar-refractivity contribution in [2.24, 2.45) is 10.9 Å². The number of carbonyl (C=O) groups excluding carboxylic acids is 1. The smallest absolute Gasteiger partial charge is 0.321 e. The van der Waals surface area contributed by atoms with E-state index in [1.165, 1.54) is 5.69 Å². The van der Waals surface area contributed by atoms with Gasteiger partial charge in [0.15, 0.2) is 5.82 Å². The van der Waals surface area contributed by atoms with Crippen molar-refractivity contribution in [2.45, 2.75) is 19.3 Å². The first-order valence-electron chi connectivity index (χ1n) is 12.9. The van der Waals surface area contributed by atoms with Crippen LogP contribution in [0, 0.1) is 5.92 Å². The van der Waals surface area contributed by atoms with E-state index in [-0.39, 0.29) is 11.9 Å². The number of nitrogens with zero attached hydrogens (tertiary/aromatic N) is 5. The zero-order valence-corrected chi connectivity index (χ0v) is 21.7. The minimum atomic E-state index is -0.0743. The molecule has 4 heterocycles. The van der Waals surface area contributed by atoms with Gasteiger partial charge >= 0.3 is 6.03 Å². The number of aromatic nitrogens is 2. The highest BCUT2D eigenvalue weighted by Crippen LogP contribution is 2.31. The second-order valence-electron chi connectivity index (χ2n) is 9.71. The average Bonchev–Trinajstić information content (AvgIpc) is 2.95. The lowest BCUT2D eigenvalue weighted by Crippen LogP contribution is -2.50. The first kappa shape index (κ1) is 24.2. The molecule has 6 bridgehead atoms. The molecule has 1 aromatic heterocycles. The molecule has 9 nitrogen and oxygen atoms in total. The summed E-state index contributed by atoms with van der Waals surface area (Å²) in [7, 11) is 0. The number of halogens is 1. The van der Waals surface area contributed by atoms with E-state index in [2.05, 4.69) is 54.0 Å². The fourth-order valence-corrected chi connectivity index (χ4v) is 5.18. The van der Waals surface area contributed by atoms with Gasteiger partial charge in [-0.05, 0) is 55.2 Å². The number of aryl methyl sites for hydroxylation is 1. The number of piperazine rings is 1. The third kappa shape index (κ3) is 5.43. The lowest BCUT2D eigenvalue weighted by Gasteiger charge is -2.36. The summed E-state index contributed by atoms with van der Waals surface area (Å²) in [5, 5.41) is 10.2. The summed E-state index contributed by atoms with van der Waals surface area (Å²) in [4.78, 5) is 30.8. The van der Waals surface area contributed by atoms with Gasteiger partial charge in [0, 0.05) is 67.3 Å². The van der Waals surface area contributed by atoms with Gasteiger partial charge < -0.3 is 25.8 Å². The first-order chi connectivity index (χ1) is 18.6. The Hall–Kier alpha value is -4.11. The van der Waals surface area contributed by atoms with Crippen molar-refractivity contribution in [2.75, 3.05) is 47.0 Å². The third-order valence-electron chi connectivity index (χ3n) is 7.11. The number of aliphatic imine (C=N–C) groups is 1. The molecule has 10 heteroatoms. The third-order valence-corrected chi connectivity index (χ3v) is 7.38. The zero-order valence-electron chi connectivity index (χ0n) is 20.9. The number of rotatable bonds is 2. The maximum Gasteiger partial charge on any atom is 0.321 e. The highest BCUT2D eigenvalue weighted by molar-refractivity contribution is 6.32. The quantitative estimate of drug-likeness (QED) is 0.405. The molecule has 1 unspecified atom stereocenters. The molecule has 1 atom stereocenters. The maximum absolute atomic E-state index is 13.2. The summed E-state index contributed by atoms with van der Waals surface area (Å²) in [6, 6.07) is 16.2. The van der Waals surface area contributed by atoms with Crippen LogP contribution in [0.1, 0.15) is 18.4 Å². The second-order valence-corrected chi connectivity index (χ2v) is 10.1. The van der Waals surface area contributed by atoms with Crippen molar-refractivity contribution in [3.63, 3.8) is 0 Å². The number of hydrogen-bond acceptors (Lipinski definition) is 7. The van der Waals surface area contributed by atoms with Gasteiger partial charge in [0.05, 0.1) is 6.20 Å². The molecule has 3 aliphatic rings. The monoisotopic (exact) mass is 528 g/mol. The van der Waals surface area contributed by atoms with E-state index in [9.17, 15) is 4.79 Å². The van der Waals surface area contributed by atoms with Crippen molar-refractivity contribution in [1.29, 1.82) is 0 Å². The van der Waals surface area contributed by atoms with Gasteiger partial charge in [-0.25, -0.2) is 9.78 Å². The number of benzene rings is 2. The largest absolute Gasteiger partial charge is 0.368 e. The fraction of sp³-hybridized carbons (Fsp3) is 0.286. The standard InChI is InChI=1S/C28H29ClN8O/c29-24-18-31-27-33-22-14-19(16-30-17-22)6-7-20-15-21(32-26(24)35-27)8-9-25(20)34-28(38)37-12-10-36(11-13-37)23-4-2-1-3-5-23/h1-5,8-9,15-19H,6-7,10-14H2,(H,34,38)(H2,31,32,33,35). The van der Waals surface area contributed by atoms with Crippen LogP contribution in [0.15, 0.2) is 71.6 Å². The van der Waals surface area contributed by atoms with Gasteiger partial charge in [0.25, 0.3) is 0 Å². The molecule has 2 aromatic carbocycles.